The summed E-state index contributed by atoms with van der Waals surface area (Å²) >= 11 is 1.38. The predicted octanol–water partition coefficient (Wildman–Crippen LogP) is 10.5. The summed E-state index contributed by atoms with van der Waals surface area (Å²) < 4.78 is 63.9. The second-order valence-corrected chi connectivity index (χ2v) is 22.5. The largest absolute Gasteiger partial charge is 0.494 e. The Balaban J connectivity index is 1.14. The number of hydrogen-bond acceptors (Lipinski definition) is 11. The van der Waals surface area contributed by atoms with E-state index in [1.54, 1.807) is 31.2 Å². The van der Waals surface area contributed by atoms with Gasteiger partial charge < -0.3 is 29.3 Å². The maximum atomic E-state index is 16.1. The average Bonchev–Trinajstić information content (AvgIpc) is 3.68. The van der Waals surface area contributed by atoms with Gasteiger partial charge in [0.05, 0.1) is 43.1 Å². The van der Waals surface area contributed by atoms with Crippen LogP contribution in [0.3, 0.4) is 0 Å². The molecule has 2 saturated heterocycles. The number of benzene rings is 2. The van der Waals surface area contributed by atoms with E-state index in [1.165, 1.54) is 35.5 Å². The van der Waals surface area contributed by atoms with Crippen molar-refractivity contribution in [1.29, 1.82) is 0 Å². The smallest absolute Gasteiger partial charge is 0.306 e. The van der Waals surface area contributed by atoms with E-state index in [-0.39, 0.29) is 78.1 Å². The number of carbonyl (C=O) groups excluding carboxylic acids is 3. The number of methoxy groups -OCH3 is 1. The van der Waals surface area contributed by atoms with Crippen molar-refractivity contribution in [3.63, 3.8) is 0 Å². The molecule has 1 unspecified atom stereocenters. The number of thiazole rings is 1. The summed E-state index contributed by atoms with van der Waals surface area (Å²) in [5, 5.41) is 4.83. The Bertz CT molecular complexity index is 2440. The third kappa shape index (κ3) is 10.3. The molecule has 2 saturated carbocycles. The quantitative estimate of drug-likeness (QED) is 0.103. The highest BCUT2D eigenvalue weighted by atomic mass is 32.1. The number of aromatic nitrogens is 2. The van der Waals surface area contributed by atoms with E-state index in [0.29, 0.717) is 53.2 Å². The highest BCUT2D eigenvalue weighted by Gasteiger charge is 2.66. The number of rotatable bonds is 12. The Labute approximate surface area is 383 Å². The van der Waals surface area contributed by atoms with Crippen LogP contribution in [-0.2, 0) is 29.8 Å². The van der Waals surface area contributed by atoms with E-state index in [1.807, 2.05) is 19.2 Å². The molecule has 6 atom stereocenters. The number of nitrogens with zero attached hydrogens (tertiary/aromatic N) is 3. The molecule has 4 heterocycles. The fraction of sp³-hybridized carbons (Fsp3) is 0.571. The average molecular weight is 935 g/mol. The number of hydrogen-bond donors (Lipinski definition) is 2. The number of carbonyl (C=O) groups is 3. The number of esters is 1. The predicted molar refractivity (Wildman–Crippen MR) is 247 cm³/mol. The number of Topliss-reactive ketones (excluding diaryl/α,β-unsaturated/α-hetero) is 1. The number of halogens is 2. The number of pyridine rings is 1. The molecule has 4 fully saturated rings. The molecule has 65 heavy (non-hydrogen) atoms. The van der Waals surface area contributed by atoms with Gasteiger partial charge in [-0.3, -0.25) is 18.9 Å². The van der Waals surface area contributed by atoms with Crippen molar-refractivity contribution < 1.29 is 46.8 Å². The molecule has 0 spiro atoms. The van der Waals surface area contributed by atoms with E-state index in [9.17, 15) is 19.0 Å². The first kappa shape index (κ1) is 47.0. The molecule has 0 bridgehead atoms. The van der Waals surface area contributed by atoms with Crippen LogP contribution in [0, 0.1) is 30.4 Å². The summed E-state index contributed by atoms with van der Waals surface area (Å²) in [6.45, 7) is 5.68. The molecule has 8 rings (SSSR count). The summed E-state index contributed by atoms with van der Waals surface area (Å²) in [6.07, 6.45) is 7.44. The SMILES string of the molecule is COc1ccc2c(O[C@@H]3C[C@H]4C(=O)C[C@]5(P(=O)(O)Cc6c(C)cccc6F)C[C@H]5CCCCCCC[C@H](CC(=O)OC5CCCC5)C(=O)N4C3)cc(-c3csc(NC(C)C)n3)nc2c1F. The normalized spacial score (nSPS) is 25.4. The second-order valence-electron chi connectivity index (χ2n) is 19.0. The zero-order valence-corrected chi connectivity index (χ0v) is 39.5. The first-order valence-electron chi connectivity index (χ1n) is 23.3. The first-order chi connectivity index (χ1) is 31.2. The molecule has 1 amide bonds. The van der Waals surface area contributed by atoms with Gasteiger partial charge in [0.25, 0.3) is 0 Å². The van der Waals surface area contributed by atoms with Gasteiger partial charge in [-0.25, -0.2) is 18.7 Å². The molecule has 350 valence electrons. The molecular formula is C49H61F2N4O8PS. The molecule has 2 aromatic carbocycles. The van der Waals surface area contributed by atoms with Gasteiger partial charge in [0.1, 0.15) is 35.0 Å². The van der Waals surface area contributed by atoms with Crippen LogP contribution in [-0.4, -0.2) is 80.5 Å². The van der Waals surface area contributed by atoms with Crippen LogP contribution in [0.1, 0.15) is 121 Å². The van der Waals surface area contributed by atoms with E-state index in [0.717, 1.165) is 51.4 Å². The zero-order valence-electron chi connectivity index (χ0n) is 37.8. The lowest BCUT2D eigenvalue weighted by Gasteiger charge is -2.30. The van der Waals surface area contributed by atoms with Gasteiger partial charge in [0.2, 0.25) is 13.3 Å². The fourth-order valence-corrected chi connectivity index (χ4v) is 14.0. The molecule has 2 aromatic heterocycles. The Kier molecular flexibility index (Phi) is 14.3. The number of ketones is 1. The van der Waals surface area contributed by atoms with Gasteiger partial charge in [-0.05, 0) is 95.4 Å². The lowest BCUT2D eigenvalue weighted by atomic mass is 9.94. The van der Waals surface area contributed by atoms with Crippen molar-refractivity contribution in [2.75, 3.05) is 19.0 Å². The number of aryl methyl sites for hydroxylation is 1. The third-order valence-corrected chi connectivity index (χ3v) is 17.6. The van der Waals surface area contributed by atoms with Crippen LogP contribution in [0.5, 0.6) is 11.5 Å². The summed E-state index contributed by atoms with van der Waals surface area (Å²) in [6, 6.07) is 8.46. The highest BCUT2D eigenvalue weighted by molar-refractivity contribution is 7.59. The Morgan fingerprint density at radius 2 is 1.72 bits per heavy atom. The number of anilines is 1. The number of nitrogens with one attached hydrogen (secondary N) is 1. The Morgan fingerprint density at radius 3 is 2.46 bits per heavy atom. The molecule has 12 nitrogen and oxygen atoms in total. The minimum atomic E-state index is -4.22. The van der Waals surface area contributed by atoms with E-state index < -0.39 is 54.4 Å². The summed E-state index contributed by atoms with van der Waals surface area (Å²) in [5.74, 6) is -3.15. The minimum Gasteiger partial charge on any atom is -0.494 e. The van der Waals surface area contributed by atoms with Gasteiger partial charge in [0, 0.05) is 47.2 Å². The Morgan fingerprint density at radius 1 is 0.985 bits per heavy atom. The summed E-state index contributed by atoms with van der Waals surface area (Å²) in [7, 11) is -2.85. The highest BCUT2D eigenvalue weighted by Crippen LogP contribution is 2.75. The van der Waals surface area contributed by atoms with Crippen LogP contribution >= 0.6 is 18.7 Å². The molecular weight excluding hydrogens is 874 g/mol. The van der Waals surface area contributed by atoms with E-state index in [4.69, 9.17) is 19.2 Å². The van der Waals surface area contributed by atoms with Crippen molar-refractivity contribution in [1.82, 2.24) is 14.9 Å². The number of amides is 1. The lowest BCUT2D eigenvalue weighted by Crippen LogP contribution is -2.45. The number of ether oxygens (including phenoxy) is 3. The van der Waals surface area contributed by atoms with Gasteiger partial charge in [-0.1, -0.05) is 44.2 Å². The van der Waals surface area contributed by atoms with Crippen LogP contribution in [0.25, 0.3) is 22.3 Å². The monoisotopic (exact) mass is 934 g/mol. The van der Waals surface area contributed by atoms with Gasteiger partial charge >= 0.3 is 5.97 Å². The van der Waals surface area contributed by atoms with Crippen molar-refractivity contribution >= 4 is 52.4 Å². The van der Waals surface area contributed by atoms with Gasteiger partial charge in [-0.2, -0.15) is 0 Å². The van der Waals surface area contributed by atoms with Crippen molar-refractivity contribution in [2.45, 2.75) is 153 Å². The molecule has 4 aromatic rings. The fourth-order valence-electron chi connectivity index (χ4n) is 10.4. The molecule has 4 aliphatic rings. The van der Waals surface area contributed by atoms with Crippen LogP contribution in [0.4, 0.5) is 13.9 Å². The lowest BCUT2D eigenvalue weighted by molar-refractivity contribution is -0.154. The molecule has 2 aliphatic heterocycles. The minimum absolute atomic E-state index is 0.00504. The number of fused-ring (bicyclic) bond motifs is 3. The molecule has 2 N–H and O–H groups in total. The van der Waals surface area contributed by atoms with E-state index >= 15 is 13.6 Å². The van der Waals surface area contributed by atoms with Crippen LogP contribution in [0.15, 0.2) is 41.8 Å². The summed E-state index contributed by atoms with van der Waals surface area (Å²) in [4.78, 5) is 66.4. The maximum Gasteiger partial charge on any atom is 0.306 e. The van der Waals surface area contributed by atoms with Gasteiger partial charge in [-0.15, -0.1) is 11.3 Å². The zero-order chi connectivity index (χ0) is 46.0. The van der Waals surface area contributed by atoms with Crippen molar-refractivity contribution in [2.24, 2.45) is 11.8 Å². The van der Waals surface area contributed by atoms with Crippen LogP contribution in [0.2, 0.25) is 0 Å². The molecule has 2 aliphatic carbocycles. The van der Waals surface area contributed by atoms with Gasteiger partial charge in [0.15, 0.2) is 22.5 Å². The molecule has 16 heteroatoms. The molecule has 0 radical (unpaired) electrons. The third-order valence-electron chi connectivity index (χ3n) is 14.0. The summed E-state index contributed by atoms with van der Waals surface area (Å²) in [5.41, 5.74) is 1.57. The van der Waals surface area contributed by atoms with E-state index in [2.05, 4.69) is 10.3 Å². The Hall–Kier alpha value is -4.46. The second kappa shape index (κ2) is 19.8. The standard InChI is InChI=1S/C49H61F2N4O8PS/c1-29(2)52-48-54-39(28-65-48)38-23-43(35-19-20-42(61-4)45(51)46(35)53-38)62-34-22-40-41(56)25-49(64(59,60)27-36-30(3)13-12-18-37(36)50)24-32(49)15-9-7-5-6-8-14-31(47(58)55(40)26-34)21-44(57)63-33-16-10-11-17-33/h12-13,18-20,23,28-29,31-34,40H,5-11,14-17,21-22,24-27H2,1-4H3,(H,52,54)(H,59,60)/t31-,32-,34-,40+,49-/m1/s1. The topological polar surface area (TPSA) is 157 Å². The van der Waals surface area contributed by atoms with Crippen LogP contribution < -0.4 is 14.8 Å². The van der Waals surface area contributed by atoms with Crippen molar-refractivity contribution in [3.8, 4) is 22.9 Å². The van der Waals surface area contributed by atoms with Crippen molar-refractivity contribution in [3.05, 3.63) is 64.5 Å². The first-order valence-corrected chi connectivity index (χ1v) is 26.0. The maximum absolute atomic E-state index is 16.1.